The summed E-state index contributed by atoms with van der Waals surface area (Å²) < 4.78 is 1.60. The van der Waals surface area contributed by atoms with Crippen LogP contribution in [0.2, 0.25) is 5.02 Å². The van der Waals surface area contributed by atoms with E-state index in [-0.39, 0.29) is 5.91 Å². The minimum atomic E-state index is -0.256. The summed E-state index contributed by atoms with van der Waals surface area (Å²) in [6, 6.07) is 6.95. The van der Waals surface area contributed by atoms with Gasteiger partial charge in [-0.3, -0.25) is 9.78 Å². The van der Waals surface area contributed by atoms with Crippen LogP contribution in [0, 0.1) is 0 Å². The Morgan fingerprint density at radius 1 is 1.17 bits per heavy atom. The molecule has 0 aliphatic rings. The van der Waals surface area contributed by atoms with Crippen LogP contribution in [0.3, 0.4) is 0 Å². The summed E-state index contributed by atoms with van der Waals surface area (Å²) in [5, 5.41) is 3.20. The number of amides is 1. The molecule has 0 radical (unpaired) electrons. The van der Waals surface area contributed by atoms with Crippen LogP contribution in [0.4, 0.5) is 5.69 Å². The van der Waals surface area contributed by atoms with Gasteiger partial charge in [-0.15, -0.1) is 0 Å². The number of carbonyl (C=O) groups is 1. The van der Waals surface area contributed by atoms with E-state index in [0.717, 1.165) is 8.95 Å². The average molecular weight is 390 g/mol. The second-order valence-corrected chi connectivity index (χ2v) is 5.71. The van der Waals surface area contributed by atoms with Gasteiger partial charge in [0.15, 0.2) is 0 Å². The molecule has 2 rings (SSSR count). The molecule has 1 aromatic carbocycles. The Kier molecular flexibility index (Phi) is 4.37. The zero-order chi connectivity index (χ0) is 13.1. The first-order valence-corrected chi connectivity index (χ1v) is 6.89. The number of nitrogens with one attached hydrogen (secondary N) is 1. The predicted octanol–water partition coefficient (Wildman–Crippen LogP) is 4.51. The lowest BCUT2D eigenvalue weighted by Crippen LogP contribution is -2.12. The van der Waals surface area contributed by atoms with Gasteiger partial charge in [0, 0.05) is 21.3 Å². The Morgan fingerprint density at radius 3 is 2.61 bits per heavy atom. The van der Waals surface area contributed by atoms with E-state index in [0.29, 0.717) is 16.3 Å². The highest BCUT2D eigenvalue weighted by molar-refractivity contribution is 9.10. The molecule has 6 heteroatoms. The third kappa shape index (κ3) is 3.31. The molecule has 1 N–H and O–H groups in total. The van der Waals surface area contributed by atoms with Gasteiger partial charge in [0.25, 0.3) is 5.91 Å². The van der Waals surface area contributed by atoms with Crippen LogP contribution in [0.15, 0.2) is 45.6 Å². The van der Waals surface area contributed by atoms with Gasteiger partial charge in [-0.05, 0) is 40.2 Å². The fourth-order valence-electron chi connectivity index (χ4n) is 1.32. The van der Waals surface area contributed by atoms with E-state index in [2.05, 4.69) is 42.2 Å². The van der Waals surface area contributed by atoms with Gasteiger partial charge in [0.05, 0.1) is 16.3 Å². The van der Waals surface area contributed by atoms with E-state index in [1.165, 1.54) is 6.20 Å². The molecule has 2 aromatic rings. The molecule has 3 nitrogen and oxygen atoms in total. The normalized spacial score (nSPS) is 10.2. The molecule has 0 spiro atoms. The summed E-state index contributed by atoms with van der Waals surface area (Å²) in [7, 11) is 0. The SMILES string of the molecule is O=C(Nc1ccc(Br)cc1Cl)c1cncc(Br)c1. The molecule has 0 saturated heterocycles. The van der Waals surface area contributed by atoms with Gasteiger partial charge in [0.2, 0.25) is 0 Å². The van der Waals surface area contributed by atoms with Gasteiger partial charge < -0.3 is 5.32 Å². The Bertz CT molecular complexity index is 604. The highest BCUT2D eigenvalue weighted by Gasteiger charge is 2.09. The van der Waals surface area contributed by atoms with E-state index in [4.69, 9.17) is 11.6 Å². The summed E-state index contributed by atoms with van der Waals surface area (Å²) in [5.74, 6) is -0.256. The maximum absolute atomic E-state index is 12.0. The van der Waals surface area contributed by atoms with Crippen LogP contribution in [0.25, 0.3) is 0 Å². The molecule has 0 bridgehead atoms. The first kappa shape index (κ1) is 13.5. The van der Waals surface area contributed by atoms with Crippen molar-refractivity contribution in [1.29, 1.82) is 0 Å². The molecular formula is C12H7Br2ClN2O. The van der Waals surface area contributed by atoms with Crippen LogP contribution < -0.4 is 5.32 Å². The van der Waals surface area contributed by atoms with Gasteiger partial charge in [-0.2, -0.15) is 0 Å². The van der Waals surface area contributed by atoms with Crippen molar-refractivity contribution in [2.75, 3.05) is 5.32 Å². The minimum absolute atomic E-state index is 0.256. The van der Waals surface area contributed by atoms with Crippen molar-refractivity contribution in [2.45, 2.75) is 0 Å². The lowest BCUT2D eigenvalue weighted by molar-refractivity contribution is 0.102. The second kappa shape index (κ2) is 5.82. The maximum Gasteiger partial charge on any atom is 0.257 e. The first-order valence-electron chi connectivity index (χ1n) is 4.93. The van der Waals surface area contributed by atoms with E-state index < -0.39 is 0 Å². The molecule has 0 aliphatic heterocycles. The third-order valence-corrected chi connectivity index (χ3v) is 3.39. The Balaban J connectivity index is 2.21. The number of benzene rings is 1. The lowest BCUT2D eigenvalue weighted by Gasteiger charge is -2.07. The van der Waals surface area contributed by atoms with Crippen molar-refractivity contribution in [3.63, 3.8) is 0 Å². The highest BCUT2D eigenvalue weighted by atomic mass is 79.9. The summed E-state index contributed by atoms with van der Waals surface area (Å²) in [6.45, 7) is 0. The zero-order valence-corrected chi connectivity index (χ0v) is 12.9. The fraction of sp³-hybridized carbons (Fsp3) is 0. The Hall–Kier alpha value is -0.910. The number of nitrogens with zero attached hydrogens (tertiary/aromatic N) is 1. The van der Waals surface area contributed by atoms with Crippen molar-refractivity contribution in [1.82, 2.24) is 4.98 Å². The van der Waals surface area contributed by atoms with Gasteiger partial charge >= 0.3 is 0 Å². The number of rotatable bonds is 2. The first-order chi connectivity index (χ1) is 8.56. The van der Waals surface area contributed by atoms with Crippen molar-refractivity contribution in [3.8, 4) is 0 Å². The number of halogens is 3. The highest BCUT2D eigenvalue weighted by Crippen LogP contribution is 2.26. The van der Waals surface area contributed by atoms with Crippen LogP contribution in [0.5, 0.6) is 0 Å². The summed E-state index contributed by atoms with van der Waals surface area (Å²) in [5.41, 5.74) is 1.02. The minimum Gasteiger partial charge on any atom is -0.321 e. The molecular weight excluding hydrogens is 383 g/mol. The largest absolute Gasteiger partial charge is 0.321 e. The van der Waals surface area contributed by atoms with Crippen molar-refractivity contribution < 1.29 is 4.79 Å². The monoisotopic (exact) mass is 388 g/mol. The smallest absolute Gasteiger partial charge is 0.257 e. The van der Waals surface area contributed by atoms with E-state index in [1.807, 2.05) is 0 Å². The number of hydrogen-bond donors (Lipinski definition) is 1. The molecule has 18 heavy (non-hydrogen) atoms. The van der Waals surface area contributed by atoms with E-state index in [1.54, 1.807) is 30.5 Å². The zero-order valence-electron chi connectivity index (χ0n) is 8.95. The molecule has 0 unspecified atom stereocenters. The van der Waals surface area contributed by atoms with Crippen LogP contribution >= 0.6 is 43.5 Å². The van der Waals surface area contributed by atoms with Crippen molar-refractivity contribution in [2.24, 2.45) is 0 Å². The van der Waals surface area contributed by atoms with Crippen LogP contribution in [-0.2, 0) is 0 Å². The molecule has 0 atom stereocenters. The van der Waals surface area contributed by atoms with Gasteiger partial charge in [-0.1, -0.05) is 27.5 Å². The Morgan fingerprint density at radius 2 is 1.94 bits per heavy atom. The third-order valence-electron chi connectivity index (χ3n) is 2.15. The number of hydrogen-bond acceptors (Lipinski definition) is 2. The topological polar surface area (TPSA) is 42.0 Å². The van der Waals surface area contributed by atoms with Gasteiger partial charge in [0.1, 0.15) is 0 Å². The van der Waals surface area contributed by atoms with E-state index >= 15 is 0 Å². The molecule has 92 valence electrons. The molecule has 1 heterocycles. The van der Waals surface area contributed by atoms with E-state index in [9.17, 15) is 4.79 Å². The summed E-state index contributed by atoms with van der Waals surface area (Å²) >= 11 is 12.6. The summed E-state index contributed by atoms with van der Waals surface area (Å²) in [4.78, 5) is 15.9. The molecule has 1 aromatic heterocycles. The number of carbonyl (C=O) groups excluding carboxylic acids is 1. The second-order valence-electron chi connectivity index (χ2n) is 3.47. The van der Waals surface area contributed by atoms with Gasteiger partial charge in [-0.25, -0.2) is 0 Å². The molecule has 0 saturated carbocycles. The predicted molar refractivity (Wildman–Crippen MR) is 79.0 cm³/mol. The standard InChI is InChI=1S/C12H7Br2ClN2O/c13-8-1-2-11(10(15)4-8)17-12(18)7-3-9(14)6-16-5-7/h1-6H,(H,17,18). The summed E-state index contributed by atoms with van der Waals surface area (Å²) in [6.07, 6.45) is 3.11. The molecule has 1 amide bonds. The maximum atomic E-state index is 12.0. The lowest BCUT2D eigenvalue weighted by atomic mass is 10.2. The number of aromatic nitrogens is 1. The number of anilines is 1. The van der Waals surface area contributed by atoms with Crippen LogP contribution in [-0.4, -0.2) is 10.9 Å². The van der Waals surface area contributed by atoms with Crippen molar-refractivity contribution >= 4 is 55.1 Å². The average Bonchev–Trinajstić information content (AvgIpc) is 2.32. The molecule has 0 aliphatic carbocycles. The Labute approximate surface area is 126 Å². The quantitative estimate of drug-likeness (QED) is 0.820. The fourth-order valence-corrected chi connectivity index (χ4v) is 2.41. The van der Waals surface area contributed by atoms with Crippen LogP contribution in [0.1, 0.15) is 10.4 Å². The van der Waals surface area contributed by atoms with Crippen molar-refractivity contribution in [3.05, 3.63) is 56.2 Å². The molecule has 0 fully saturated rings. The number of pyridine rings is 1.